The minimum Gasteiger partial charge on any atom is -0.493 e. The van der Waals surface area contributed by atoms with E-state index in [-0.39, 0.29) is 17.9 Å². The third kappa shape index (κ3) is 6.51. The summed E-state index contributed by atoms with van der Waals surface area (Å²) in [5, 5.41) is 5.45. The second kappa shape index (κ2) is 10.8. The molecule has 0 aliphatic rings. The summed E-state index contributed by atoms with van der Waals surface area (Å²) in [4.78, 5) is 36.1. The first-order valence-electron chi connectivity index (χ1n) is 9.39. The smallest absolute Gasteiger partial charge is 0.338 e. The molecule has 0 unspecified atom stereocenters. The maximum atomic E-state index is 12.3. The Kier molecular flexibility index (Phi) is 8.22. The van der Waals surface area contributed by atoms with Gasteiger partial charge in [-0.3, -0.25) is 4.79 Å². The van der Waals surface area contributed by atoms with E-state index in [1.54, 1.807) is 36.4 Å². The van der Waals surface area contributed by atoms with Crippen LogP contribution in [0, 0.1) is 0 Å². The Hall–Kier alpha value is -3.55. The lowest BCUT2D eigenvalue weighted by molar-refractivity contribution is 0.0474. The van der Waals surface area contributed by atoms with Gasteiger partial charge in [0.25, 0.3) is 0 Å². The Morgan fingerprint density at radius 3 is 2.13 bits per heavy atom. The van der Waals surface area contributed by atoms with Crippen molar-refractivity contribution in [1.29, 1.82) is 0 Å². The Labute approximate surface area is 175 Å². The number of benzene rings is 2. The lowest BCUT2D eigenvalue weighted by Crippen LogP contribution is -2.39. The third-order valence-electron chi connectivity index (χ3n) is 4.10. The van der Waals surface area contributed by atoms with Crippen molar-refractivity contribution in [3.05, 3.63) is 59.2 Å². The largest absolute Gasteiger partial charge is 0.493 e. The van der Waals surface area contributed by atoms with Crippen LogP contribution in [0.15, 0.2) is 42.5 Å². The number of hydrogen-bond acceptors (Lipinski definition) is 6. The Balaban J connectivity index is 1.89. The molecule has 30 heavy (non-hydrogen) atoms. The number of carbonyl (C=O) groups excluding carboxylic acids is 3. The third-order valence-corrected chi connectivity index (χ3v) is 4.10. The zero-order chi connectivity index (χ0) is 22.1. The van der Waals surface area contributed by atoms with E-state index >= 15 is 0 Å². The van der Waals surface area contributed by atoms with Gasteiger partial charge < -0.3 is 24.8 Å². The van der Waals surface area contributed by atoms with E-state index < -0.39 is 12.6 Å². The van der Waals surface area contributed by atoms with Crippen molar-refractivity contribution in [2.24, 2.45) is 0 Å². The molecule has 2 aromatic rings. The number of methoxy groups -OCH3 is 2. The number of Topliss-reactive ketones (excluding diaryl/α,β-unsaturated/α-hetero) is 1. The maximum absolute atomic E-state index is 12.3. The average Bonchev–Trinajstić information content (AvgIpc) is 2.75. The molecule has 2 amide bonds. The van der Waals surface area contributed by atoms with Gasteiger partial charge in [-0.25, -0.2) is 9.59 Å². The van der Waals surface area contributed by atoms with Crippen molar-refractivity contribution in [3.8, 4) is 11.5 Å². The van der Waals surface area contributed by atoms with E-state index in [0.29, 0.717) is 29.2 Å². The topological polar surface area (TPSA) is 103 Å². The van der Waals surface area contributed by atoms with Gasteiger partial charge in [-0.15, -0.1) is 0 Å². The molecule has 0 fully saturated rings. The number of ether oxygens (including phenoxy) is 3. The van der Waals surface area contributed by atoms with Gasteiger partial charge in [0, 0.05) is 18.2 Å². The van der Waals surface area contributed by atoms with Crippen molar-refractivity contribution in [3.63, 3.8) is 0 Å². The summed E-state index contributed by atoms with van der Waals surface area (Å²) >= 11 is 0. The quantitative estimate of drug-likeness (QED) is 0.483. The molecule has 0 spiro atoms. The SMILES string of the molecule is COc1ccc(C(=O)COC(=O)c2ccc(CNC(=O)NC(C)C)cc2)cc1OC. The van der Waals surface area contributed by atoms with Gasteiger partial charge >= 0.3 is 12.0 Å². The van der Waals surface area contributed by atoms with Crippen LogP contribution < -0.4 is 20.1 Å². The van der Waals surface area contributed by atoms with Gasteiger partial charge in [-0.05, 0) is 49.7 Å². The summed E-state index contributed by atoms with van der Waals surface area (Å²) in [6.45, 7) is 3.67. The molecular formula is C22H26N2O6. The monoisotopic (exact) mass is 414 g/mol. The van der Waals surface area contributed by atoms with Crippen LogP contribution in [-0.2, 0) is 11.3 Å². The second-order valence-electron chi connectivity index (χ2n) is 6.75. The van der Waals surface area contributed by atoms with E-state index in [1.807, 2.05) is 13.8 Å². The van der Waals surface area contributed by atoms with Crippen molar-refractivity contribution < 1.29 is 28.6 Å². The first-order chi connectivity index (χ1) is 14.3. The van der Waals surface area contributed by atoms with Crippen molar-refractivity contribution in [2.75, 3.05) is 20.8 Å². The molecule has 0 saturated heterocycles. The van der Waals surface area contributed by atoms with E-state index in [4.69, 9.17) is 14.2 Å². The van der Waals surface area contributed by atoms with Crippen LogP contribution in [-0.4, -0.2) is 44.7 Å². The number of nitrogens with one attached hydrogen (secondary N) is 2. The van der Waals surface area contributed by atoms with Gasteiger partial charge in [0.2, 0.25) is 0 Å². The summed E-state index contributed by atoms with van der Waals surface area (Å²) in [6.07, 6.45) is 0. The number of hydrogen-bond donors (Lipinski definition) is 2. The van der Waals surface area contributed by atoms with Crippen LogP contribution in [0.4, 0.5) is 4.79 Å². The molecule has 0 saturated carbocycles. The first-order valence-corrected chi connectivity index (χ1v) is 9.39. The first kappa shape index (κ1) is 22.7. The van der Waals surface area contributed by atoms with Crippen LogP contribution in [0.5, 0.6) is 11.5 Å². The zero-order valence-electron chi connectivity index (χ0n) is 17.5. The normalized spacial score (nSPS) is 10.3. The summed E-state index contributed by atoms with van der Waals surface area (Å²) in [7, 11) is 2.98. The van der Waals surface area contributed by atoms with Gasteiger partial charge in [0.1, 0.15) is 0 Å². The van der Waals surface area contributed by atoms with E-state index in [0.717, 1.165) is 5.56 Å². The molecule has 8 nitrogen and oxygen atoms in total. The zero-order valence-corrected chi connectivity index (χ0v) is 17.5. The molecule has 0 bridgehead atoms. The van der Waals surface area contributed by atoms with Crippen LogP contribution in [0.3, 0.4) is 0 Å². The highest BCUT2D eigenvalue weighted by atomic mass is 16.5. The highest BCUT2D eigenvalue weighted by Gasteiger charge is 2.14. The predicted octanol–water partition coefficient (Wildman–Crippen LogP) is 2.95. The molecule has 8 heteroatoms. The number of ketones is 1. The van der Waals surface area contributed by atoms with Crippen molar-refractivity contribution >= 4 is 17.8 Å². The maximum Gasteiger partial charge on any atom is 0.338 e. The summed E-state index contributed by atoms with van der Waals surface area (Å²) in [6, 6.07) is 11.1. The standard InChI is InChI=1S/C22H26N2O6/c1-14(2)24-22(27)23-12-15-5-7-16(8-6-15)21(26)30-13-18(25)17-9-10-19(28-3)20(11-17)29-4/h5-11,14H,12-13H2,1-4H3,(H2,23,24,27). The number of esters is 1. The van der Waals surface area contributed by atoms with E-state index in [9.17, 15) is 14.4 Å². The minimum absolute atomic E-state index is 0.0452. The summed E-state index contributed by atoms with van der Waals surface area (Å²) in [5.41, 5.74) is 1.49. The molecule has 0 aliphatic carbocycles. The van der Waals surface area contributed by atoms with Gasteiger partial charge in [0.05, 0.1) is 19.8 Å². The molecule has 2 rings (SSSR count). The molecule has 2 N–H and O–H groups in total. The Morgan fingerprint density at radius 2 is 1.53 bits per heavy atom. The molecule has 160 valence electrons. The molecule has 0 atom stereocenters. The number of amides is 2. The lowest BCUT2D eigenvalue weighted by atomic mass is 10.1. The Bertz CT molecular complexity index is 893. The van der Waals surface area contributed by atoms with E-state index in [1.165, 1.54) is 20.3 Å². The fourth-order valence-corrected chi connectivity index (χ4v) is 2.56. The van der Waals surface area contributed by atoms with Crippen LogP contribution in [0.1, 0.15) is 40.1 Å². The Morgan fingerprint density at radius 1 is 0.900 bits per heavy atom. The van der Waals surface area contributed by atoms with E-state index in [2.05, 4.69) is 10.6 Å². The predicted molar refractivity (Wildman–Crippen MR) is 111 cm³/mol. The van der Waals surface area contributed by atoms with Crippen LogP contribution in [0.25, 0.3) is 0 Å². The summed E-state index contributed by atoms with van der Waals surface area (Å²) in [5.74, 6) is -0.0505. The number of rotatable bonds is 9. The fraction of sp³-hybridized carbons (Fsp3) is 0.318. The van der Waals surface area contributed by atoms with Gasteiger partial charge in [0.15, 0.2) is 23.9 Å². The molecule has 0 aliphatic heterocycles. The minimum atomic E-state index is -0.610. The fourth-order valence-electron chi connectivity index (χ4n) is 2.56. The number of carbonyl (C=O) groups is 3. The van der Waals surface area contributed by atoms with Crippen LogP contribution in [0.2, 0.25) is 0 Å². The molecule has 2 aromatic carbocycles. The van der Waals surface area contributed by atoms with Crippen molar-refractivity contribution in [2.45, 2.75) is 26.4 Å². The van der Waals surface area contributed by atoms with Gasteiger partial charge in [-0.2, -0.15) is 0 Å². The lowest BCUT2D eigenvalue weighted by Gasteiger charge is -2.10. The summed E-state index contributed by atoms with van der Waals surface area (Å²) < 4.78 is 15.4. The highest BCUT2D eigenvalue weighted by Crippen LogP contribution is 2.27. The molecule has 0 heterocycles. The van der Waals surface area contributed by atoms with Crippen LogP contribution >= 0.6 is 0 Å². The number of urea groups is 1. The molecular weight excluding hydrogens is 388 g/mol. The average molecular weight is 414 g/mol. The second-order valence-corrected chi connectivity index (χ2v) is 6.75. The van der Waals surface area contributed by atoms with Crippen molar-refractivity contribution in [1.82, 2.24) is 10.6 Å². The molecule has 0 aromatic heterocycles. The molecule has 0 radical (unpaired) electrons. The van der Waals surface area contributed by atoms with Gasteiger partial charge in [-0.1, -0.05) is 12.1 Å². The highest BCUT2D eigenvalue weighted by molar-refractivity contribution is 5.99.